The van der Waals surface area contributed by atoms with Gasteiger partial charge in [0.1, 0.15) is 5.57 Å². The summed E-state index contributed by atoms with van der Waals surface area (Å²) in [6.45, 7) is 0. The molecule has 1 heterocycles. The molecule has 28 heavy (non-hydrogen) atoms. The number of hydrogen-bond acceptors (Lipinski definition) is 2. The summed E-state index contributed by atoms with van der Waals surface area (Å²) in [5.74, 6) is -0.751. The van der Waals surface area contributed by atoms with Crippen LogP contribution in [-0.2, 0) is 9.59 Å². The quantitative estimate of drug-likeness (QED) is 0.324. The molecule has 0 aliphatic carbocycles. The number of hydrazine groups is 1. The largest absolute Gasteiger partial charge is 0.282 e. The standard InChI is InChI=1S/C24H16N2O2/c27-23-22(24(28)26(25-23)18-10-2-1-3-11-18)15-21-19-12-6-4-8-16(19)14-17-9-5-7-13-20(17)21/h1-15H,(H,25,27)/b22-15+. The van der Waals surface area contributed by atoms with E-state index in [9.17, 15) is 9.59 Å². The minimum Gasteiger partial charge on any atom is -0.267 e. The van der Waals surface area contributed by atoms with Crippen LogP contribution in [0.2, 0.25) is 0 Å². The predicted molar refractivity (Wildman–Crippen MR) is 112 cm³/mol. The Balaban J connectivity index is 1.71. The minimum absolute atomic E-state index is 0.130. The number of hydrogen-bond donors (Lipinski definition) is 1. The number of anilines is 1. The van der Waals surface area contributed by atoms with E-state index < -0.39 is 5.91 Å². The van der Waals surface area contributed by atoms with Crippen LogP contribution in [0.1, 0.15) is 5.56 Å². The summed E-state index contributed by atoms with van der Waals surface area (Å²) in [4.78, 5) is 25.6. The van der Waals surface area contributed by atoms with Crippen molar-refractivity contribution in [2.75, 3.05) is 5.01 Å². The number of para-hydroxylation sites is 1. The first-order valence-corrected chi connectivity index (χ1v) is 9.05. The van der Waals surface area contributed by atoms with Crippen molar-refractivity contribution in [2.24, 2.45) is 0 Å². The van der Waals surface area contributed by atoms with E-state index in [-0.39, 0.29) is 11.5 Å². The summed E-state index contributed by atoms with van der Waals surface area (Å²) in [5, 5.41) is 5.44. The number of benzene rings is 4. The van der Waals surface area contributed by atoms with Crippen LogP contribution in [0.4, 0.5) is 5.69 Å². The Bertz CT molecular complexity index is 1220. The molecule has 2 amide bonds. The predicted octanol–water partition coefficient (Wildman–Crippen LogP) is 4.45. The van der Waals surface area contributed by atoms with Crippen LogP contribution >= 0.6 is 0 Å². The van der Waals surface area contributed by atoms with Crippen molar-refractivity contribution in [2.45, 2.75) is 0 Å². The van der Waals surface area contributed by atoms with E-state index in [0.717, 1.165) is 27.1 Å². The molecule has 0 atom stereocenters. The third-order valence-corrected chi connectivity index (χ3v) is 5.01. The van der Waals surface area contributed by atoms with Crippen molar-refractivity contribution < 1.29 is 9.59 Å². The monoisotopic (exact) mass is 364 g/mol. The van der Waals surface area contributed by atoms with Gasteiger partial charge in [-0.3, -0.25) is 15.0 Å². The first kappa shape index (κ1) is 16.3. The third-order valence-electron chi connectivity index (χ3n) is 5.01. The van der Waals surface area contributed by atoms with Crippen LogP contribution in [0.3, 0.4) is 0 Å². The lowest BCUT2D eigenvalue weighted by atomic mass is 9.95. The Morgan fingerprint density at radius 2 is 1.29 bits per heavy atom. The van der Waals surface area contributed by atoms with Crippen molar-refractivity contribution in [3.63, 3.8) is 0 Å². The average molecular weight is 364 g/mol. The molecule has 4 aromatic carbocycles. The number of amides is 2. The summed E-state index contributed by atoms with van der Waals surface area (Å²) < 4.78 is 0. The van der Waals surface area contributed by atoms with E-state index in [4.69, 9.17) is 0 Å². The zero-order chi connectivity index (χ0) is 19.1. The van der Waals surface area contributed by atoms with Crippen LogP contribution in [-0.4, -0.2) is 11.8 Å². The van der Waals surface area contributed by atoms with Crippen molar-refractivity contribution in [3.05, 3.63) is 96.1 Å². The second kappa shape index (κ2) is 6.35. The molecule has 0 bridgehead atoms. The lowest BCUT2D eigenvalue weighted by Gasteiger charge is -2.14. The van der Waals surface area contributed by atoms with E-state index in [1.54, 1.807) is 18.2 Å². The smallest absolute Gasteiger partial charge is 0.267 e. The van der Waals surface area contributed by atoms with Gasteiger partial charge in [-0.25, -0.2) is 5.01 Å². The van der Waals surface area contributed by atoms with Gasteiger partial charge in [-0.2, -0.15) is 0 Å². The highest BCUT2D eigenvalue weighted by molar-refractivity contribution is 6.32. The van der Waals surface area contributed by atoms with Crippen LogP contribution in [0.15, 0.2) is 90.5 Å². The molecule has 4 aromatic rings. The van der Waals surface area contributed by atoms with Gasteiger partial charge in [0.2, 0.25) is 0 Å². The fourth-order valence-corrected chi connectivity index (χ4v) is 3.67. The van der Waals surface area contributed by atoms with Gasteiger partial charge in [-0.1, -0.05) is 66.7 Å². The molecule has 0 radical (unpaired) electrons. The van der Waals surface area contributed by atoms with Crippen LogP contribution < -0.4 is 10.4 Å². The van der Waals surface area contributed by atoms with Gasteiger partial charge >= 0.3 is 0 Å². The highest BCUT2D eigenvalue weighted by Gasteiger charge is 2.34. The maximum absolute atomic E-state index is 13.0. The van der Waals surface area contributed by atoms with Crippen molar-refractivity contribution in [1.29, 1.82) is 0 Å². The summed E-state index contributed by atoms with van der Waals surface area (Å²) in [5.41, 5.74) is 4.30. The Kier molecular flexibility index (Phi) is 3.69. The number of carbonyl (C=O) groups is 2. The number of carbonyl (C=O) groups excluding carboxylic acids is 2. The second-order valence-corrected chi connectivity index (χ2v) is 6.71. The van der Waals surface area contributed by atoms with Gasteiger partial charge in [-0.15, -0.1) is 0 Å². The Morgan fingerprint density at radius 1 is 0.714 bits per heavy atom. The molecule has 134 valence electrons. The van der Waals surface area contributed by atoms with Crippen LogP contribution in [0, 0.1) is 0 Å². The summed E-state index contributed by atoms with van der Waals surface area (Å²) in [6, 6.07) is 27.2. The van der Waals surface area contributed by atoms with E-state index in [2.05, 4.69) is 11.5 Å². The molecule has 0 saturated carbocycles. The van der Waals surface area contributed by atoms with Gasteiger partial charge in [-0.05, 0) is 51.4 Å². The Labute approximate surface area is 161 Å². The SMILES string of the molecule is O=C1NN(c2ccccc2)C(=O)/C1=C/c1c2ccccc2cc2ccccc12. The fourth-order valence-electron chi connectivity index (χ4n) is 3.67. The highest BCUT2D eigenvalue weighted by atomic mass is 16.2. The van der Waals surface area contributed by atoms with E-state index >= 15 is 0 Å². The molecule has 1 fully saturated rings. The molecular weight excluding hydrogens is 348 g/mol. The molecule has 0 aromatic heterocycles. The molecule has 5 rings (SSSR count). The maximum atomic E-state index is 13.0. The van der Waals surface area contributed by atoms with Crippen LogP contribution in [0.5, 0.6) is 0 Å². The van der Waals surface area contributed by atoms with Gasteiger partial charge < -0.3 is 0 Å². The molecule has 4 nitrogen and oxygen atoms in total. The zero-order valence-electron chi connectivity index (χ0n) is 14.9. The average Bonchev–Trinajstić information content (AvgIpc) is 3.02. The minimum atomic E-state index is -0.397. The lowest BCUT2D eigenvalue weighted by Crippen LogP contribution is -2.35. The molecule has 1 aliphatic heterocycles. The molecule has 1 aliphatic rings. The Morgan fingerprint density at radius 3 is 1.93 bits per heavy atom. The van der Waals surface area contributed by atoms with Crippen molar-refractivity contribution in [1.82, 2.24) is 5.43 Å². The molecule has 1 saturated heterocycles. The molecule has 0 unspecified atom stereocenters. The summed E-state index contributed by atoms with van der Waals surface area (Å²) >= 11 is 0. The summed E-state index contributed by atoms with van der Waals surface area (Å²) in [6.07, 6.45) is 1.71. The highest BCUT2D eigenvalue weighted by Crippen LogP contribution is 2.31. The van der Waals surface area contributed by atoms with Crippen molar-refractivity contribution >= 4 is 45.1 Å². The first-order chi connectivity index (χ1) is 13.7. The molecule has 1 N–H and O–H groups in total. The van der Waals surface area contributed by atoms with Gasteiger partial charge in [0.25, 0.3) is 11.8 Å². The van der Waals surface area contributed by atoms with Crippen molar-refractivity contribution in [3.8, 4) is 0 Å². The molecule has 4 heteroatoms. The second-order valence-electron chi connectivity index (χ2n) is 6.71. The van der Waals surface area contributed by atoms with E-state index in [0.29, 0.717) is 5.69 Å². The topological polar surface area (TPSA) is 49.4 Å². The number of nitrogens with zero attached hydrogens (tertiary/aromatic N) is 1. The fraction of sp³-hybridized carbons (Fsp3) is 0. The van der Waals surface area contributed by atoms with Crippen LogP contribution in [0.25, 0.3) is 27.6 Å². The Hall–Kier alpha value is -3.92. The summed E-state index contributed by atoms with van der Waals surface area (Å²) in [7, 11) is 0. The molecule has 0 spiro atoms. The molecular formula is C24H16N2O2. The number of rotatable bonds is 2. The van der Waals surface area contributed by atoms with Gasteiger partial charge in [0.05, 0.1) is 5.69 Å². The lowest BCUT2D eigenvalue weighted by molar-refractivity contribution is -0.117. The zero-order valence-corrected chi connectivity index (χ0v) is 14.9. The third kappa shape index (κ3) is 2.55. The van der Waals surface area contributed by atoms with Gasteiger partial charge in [0.15, 0.2) is 0 Å². The maximum Gasteiger partial charge on any atom is 0.282 e. The number of nitrogens with one attached hydrogen (secondary N) is 1. The number of fused-ring (bicyclic) bond motifs is 2. The van der Waals surface area contributed by atoms with Gasteiger partial charge in [0, 0.05) is 0 Å². The van der Waals surface area contributed by atoms with E-state index in [1.165, 1.54) is 5.01 Å². The normalized spacial score (nSPS) is 15.6. The van der Waals surface area contributed by atoms with E-state index in [1.807, 2.05) is 66.7 Å². The first-order valence-electron chi connectivity index (χ1n) is 9.05.